The highest BCUT2D eigenvalue weighted by atomic mass is 19.1. The van der Waals surface area contributed by atoms with Crippen molar-refractivity contribution in [2.24, 2.45) is 0 Å². The minimum Gasteiger partial charge on any atom is -0.457 e. The molecule has 0 amide bonds. The third-order valence-electron chi connectivity index (χ3n) is 2.95. The summed E-state index contributed by atoms with van der Waals surface area (Å²) < 4.78 is 18.9. The van der Waals surface area contributed by atoms with Crippen molar-refractivity contribution < 1.29 is 14.2 Å². The van der Waals surface area contributed by atoms with E-state index in [0.29, 0.717) is 17.2 Å². The van der Waals surface area contributed by atoms with Gasteiger partial charge in [-0.05, 0) is 35.7 Å². The van der Waals surface area contributed by atoms with Crippen LogP contribution in [0.25, 0.3) is 0 Å². The fraction of sp³-hybridized carbons (Fsp3) is 0.250. The lowest BCUT2D eigenvalue weighted by atomic mass is 10.0. The summed E-state index contributed by atoms with van der Waals surface area (Å²) >= 11 is 0. The van der Waals surface area contributed by atoms with E-state index in [9.17, 15) is 9.50 Å². The van der Waals surface area contributed by atoms with E-state index in [-0.39, 0.29) is 12.4 Å². The van der Waals surface area contributed by atoms with Crippen molar-refractivity contribution in [3.05, 3.63) is 59.4 Å². The molecule has 0 saturated carbocycles. The number of aliphatic hydroxyl groups is 1. The molecule has 0 bridgehead atoms. The summed E-state index contributed by atoms with van der Waals surface area (Å²) in [6.07, 6.45) is 0. The van der Waals surface area contributed by atoms with Crippen LogP contribution in [0.4, 0.5) is 4.39 Å². The Morgan fingerprint density at radius 3 is 2.53 bits per heavy atom. The smallest absolute Gasteiger partial charge is 0.133 e. The molecule has 0 radical (unpaired) electrons. The van der Waals surface area contributed by atoms with Crippen molar-refractivity contribution in [1.82, 2.24) is 0 Å². The third kappa shape index (κ3) is 3.12. The van der Waals surface area contributed by atoms with Crippen molar-refractivity contribution in [3.63, 3.8) is 0 Å². The highest BCUT2D eigenvalue weighted by molar-refractivity contribution is 5.42. The Morgan fingerprint density at radius 2 is 1.84 bits per heavy atom. The zero-order valence-corrected chi connectivity index (χ0v) is 11.1. The van der Waals surface area contributed by atoms with Crippen LogP contribution in [0, 0.1) is 5.82 Å². The number of hydrogen-bond acceptors (Lipinski definition) is 2. The summed E-state index contributed by atoms with van der Waals surface area (Å²) in [5.74, 6) is 1.17. The molecule has 0 aliphatic carbocycles. The van der Waals surface area contributed by atoms with Crippen LogP contribution in [-0.2, 0) is 6.61 Å². The number of benzene rings is 2. The minimum absolute atomic E-state index is 0.253. The van der Waals surface area contributed by atoms with Gasteiger partial charge in [0.05, 0.1) is 6.61 Å². The number of rotatable bonds is 4. The van der Waals surface area contributed by atoms with E-state index in [4.69, 9.17) is 4.74 Å². The lowest BCUT2D eigenvalue weighted by molar-refractivity contribution is 0.275. The molecular formula is C16H17FO2. The van der Waals surface area contributed by atoms with Gasteiger partial charge in [0.1, 0.15) is 17.3 Å². The topological polar surface area (TPSA) is 29.5 Å². The predicted molar refractivity (Wildman–Crippen MR) is 72.9 cm³/mol. The number of hydrogen-bond donors (Lipinski definition) is 1. The molecule has 0 aliphatic heterocycles. The van der Waals surface area contributed by atoms with Gasteiger partial charge in [0.25, 0.3) is 0 Å². The van der Waals surface area contributed by atoms with Gasteiger partial charge < -0.3 is 9.84 Å². The standard InChI is InChI=1S/C16H17FO2/c1-11(2)14-5-3-4-6-16(14)19-15-8-7-13(17)9-12(15)10-18/h3-9,11,18H,10H2,1-2H3. The Kier molecular flexibility index (Phi) is 4.17. The van der Waals surface area contributed by atoms with Crippen LogP contribution in [0.5, 0.6) is 11.5 Å². The molecule has 100 valence electrons. The van der Waals surface area contributed by atoms with E-state index in [1.165, 1.54) is 18.2 Å². The molecule has 1 N–H and O–H groups in total. The second-order valence-corrected chi connectivity index (χ2v) is 4.70. The second kappa shape index (κ2) is 5.85. The molecule has 0 heterocycles. The third-order valence-corrected chi connectivity index (χ3v) is 2.95. The highest BCUT2D eigenvalue weighted by Gasteiger charge is 2.10. The molecule has 2 aromatic rings. The first-order valence-corrected chi connectivity index (χ1v) is 6.28. The van der Waals surface area contributed by atoms with Crippen molar-refractivity contribution in [3.8, 4) is 11.5 Å². The Bertz CT molecular complexity index is 564. The summed E-state index contributed by atoms with van der Waals surface area (Å²) in [7, 11) is 0. The van der Waals surface area contributed by atoms with E-state index in [0.717, 1.165) is 11.3 Å². The van der Waals surface area contributed by atoms with Gasteiger partial charge in [0, 0.05) is 5.56 Å². The highest BCUT2D eigenvalue weighted by Crippen LogP contribution is 2.32. The van der Waals surface area contributed by atoms with Crippen molar-refractivity contribution in [1.29, 1.82) is 0 Å². The monoisotopic (exact) mass is 260 g/mol. The van der Waals surface area contributed by atoms with Crippen LogP contribution in [0.3, 0.4) is 0 Å². The summed E-state index contributed by atoms with van der Waals surface area (Å²) in [6.45, 7) is 3.91. The first kappa shape index (κ1) is 13.6. The van der Waals surface area contributed by atoms with Crippen molar-refractivity contribution in [2.45, 2.75) is 26.4 Å². The number of ether oxygens (including phenoxy) is 1. The van der Waals surface area contributed by atoms with E-state index in [1.54, 1.807) is 0 Å². The average Bonchev–Trinajstić information content (AvgIpc) is 2.41. The molecule has 2 nitrogen and oxygen atoms in total. The Morgan fingerprint density at radius 1 is 1.11 bits per heavy atom. The second-order valence-electron chi connectivity index (χ2n) is 4.70. The first-order valence-electron chi connectivity index (χ1n) is 6.28. The maximum Gasteiger partial charge on any atom is 0.133 e. The molecule has 19 heavy (non-hydrogen) atoms. The molecule has 0 aliphatic rings. The molecule has 0 aromatic heterocycles. The fourth-order valence-corrected chi connectivity index (χ4v) is 1.94. The van der Waals surface area contributed by atoms with Gasteiger partial charge in [0.2, 0.25) is 0 Å². The first-order chi connectivity index (χ1) is 9.11. The van der Waals surface area contributed by atoms with Crippen LogP contribution in [0.2, 0.25) is 0 Å². The zero-order valence-electron chi connectivity index (χ0n) is 11.1. The maximum atomic E-state index is 13.1. The lowest BCUT2D eigenvalue weighted by Crippen LogP contribution is -1.97. The van der Waals surface area contributed by atoms with E-state index in [1.807, 2.05) is 24.3 Å². The number of halogens is 1. The quantitative estimate of drug-likeness (QED) is 0.891. The minimum atomic E-state index is -0.381. The molecule has 0 spiro atoms. The SMILES string of the molecule is CC(C)c1ccccc1Oc1ccc(F)cc1CO. The Hall–Kier alpha value is -1.87. The Labute approximate surface area is 112 Å². The zero-order chi connectivity index (χ0) is 13.8. The molecule has 2 aromatic carbocycles. The van der Waals surface area contributed by atoms with E-state index in [2.05, 4.69) is 13.8 Å². The summed E-state index contributed by atoms with van der Waals surface area (Å²) in [5.41, 5.74) is 1.52. The van der Waals surface area contributed by atoms with Crippen LogP contribution < -0.4 is 4.74 Å². The van der Waals surface area contributed by atoms with Gasteiger partial charge in [-0.1, -0.05) is 32.0 Å². The van der Waals surface area contributed by atoms with Gasteiger partial charge in [0.15, 0.2) is 0 Å². The van der Waals surface area contributed by atoms with Gasteiger partial charge in [-0.15, -0.1) is 0 Å². The molecular weight excluding hydrogens is 243 g/mol. The molecule has 0 saturated heterocycles. The van der Waals surface area contributed by atoms with Gasteiger partial charge in [-0.2, -0.15) is 0 Å². The molecule has 0 unspecified atom stereocenters. The molecule has 0 fully saturated rings. The summed E-state index contributed by atoms with van der Waals surface area (Å²) in [6, 6.07) is 11.9. The summed E-state index contributed by atoms with van der Waals surface area (Å²) in [5, 5.41) is 9.25. The van der Waals surface area contributed by atoms with Crippen LogP contribution in [-0.4, -0.2) is 5.11 Å². The molecule has 3 heteroatoms. The molecule has 0 atom stereocenters. The largest absolute Gasteiger partial charge is 0.457 e. The van der Waals surface area contributed by atoms with E-state index >= 15 is 0 Å². The fourth-order valence-electron chi connectivity index (χ4n) is 1.94. The van der Waals surface area contributed by atoms with Gasteiger partial charge >= 0.3 is 0 Å². The van der Waals surface area contributed by atoms with E-state index < -0.39 is 0 Å². The van der Waals surface area contributed by atoms with Crippen LogP contribution in [0.1, 0.15) is 30.9 Å². The average molecular weight is 260 g/mol. The maximum absolute atomic E-state index is 13.1. The Balaban J connectivity index is 2.36. The number of para-hydroxylation sites is 1. The van der Waals surface area contributed by atoms with Crippen LogP contribution >= 0.6 is 0 Å². The van der Waals surface area contributed by atoms with Gasteiger partial charge in [-0.25, -0.2) is 4.39 Å². The lowest BCUT2D eigenvalue weighted by Gasteiger charge is -2.15. The predicted octanol–water partition coefficient (Wildman–Crippen LogP) is 4.23. The number of aliphatic hydroxyl groups excluding tert-OH is 1. The van der Waals surface area contributed by atoms with Crippen molar-refractivity contribution >= 4 is 0 Å². The molecule has 2 rings (SSSR count). The normalized spacial score (nSPS) is 10.8. The van der Waals surface area contributed by atoms with Gasteiger partial charge in [-0.3, -0.25) is 0 Å². The summed E-state index contributed by atoms with van der Waals surface area (Å²) in [4.78, 5) is 0. The van der Waals surface area contributed by atoms with Crippen LogP contribution in [0.15, 0.2) is 42.5 Å². The van der Waals surface area contributed by atoms with Crippen molar-refractivity contribution in [2.75, 3.05) is 0 Å².